The number of benzene rings is 2. The molecular weight excluding hydrogens is 358 g/mol. The van der Waals surface area contributed by atoms with E-state index in [4.69, 9.17) is 16.4 Å². The lowest BCUT2D eigenvalue weighted by molar-refractivity contribution is 0.0299. The van der Waals surface area contributed by atoms with Crippen LogP contribution in [0.25, 0.3) is 5.70 Å². The summed E-state index contributed by atoms with van der Waals surface area (Å²) in [4.78, 5) is 5.23. The average Bonchev–Trinajstić information content (AvgIpc) is 2.68. The first kappa shape index (κ1) is 19.6. The van der Waals surface area contributed by atoms with Crippen molar-refractivity contribution in [1.29, 1.82) is 0 Å². The molecule has 4 nitrogen and oxygen atoms in total. The molecule has 1 aliphatic rings. The van der Waals surface area contributed by atoms with E-state index in [1.807, 2.05) is 30.3 Å². The summed E-state index contributed by atoms with van der Waals surface area (Å²) in [5, 5.41) is 7.56. The third-order valence-corrected chi connectivity index (χ3v) is 5.29. The van der Waals surface area contributed by atoms with Gasteiger partial charge in [0, 0.05) is 29.0 Å². The summed E-state index contributed by atoms with van der Waals surface area (Å²) >= 11 is 6.08. The number of aryl methyl sites for hydroxylation is 1. The maximum absolute atomic E-state index is 6.08. The summed E-state index contributed by atoms with van der Waals surface area (Å²) in [5.41, 5.74) is 8.09. The molecule has 5 heteroatoms. The van der Waals surface area contributed by atoms with E-state index < -0.39 is 0 Å². The molecule has 0 saturated carbocycles. The number of hydroxylamine groups is 1. The van der Waals surface area contributed by atoms with E-state index in [2.05, 4.69) is 47.5 Å². The topological polar surface area (TPSA) is 45.3 Å². The molecule has 0 bridgehead atoms. The maximum Gasteiger partial charge on any atom is 0.119 e. The van der Waals surface area contributed by atoms with Crippen LogP contribution in [0, 0.1) is 0 Å². The number of anilines is 1. The van der Waals surface area contributed by atoms with Crippen LogP contribution in [-0.2, 0) is 17.7 Å². The predicted octanol–water partition coefficient (Wildman–Crippen LogP) is 4.53. The Labute approximate surface area is 166 Å². The second-order valence-corrected chi connectivity index (χ2v) is 7.24. The van der Waals surface area contributed by atoms with Gasteiger partial charge in [0.2, 0.25) is 0 Å². The first-order valence-corrected chi connectivity index (χ1v) is 9.44. The first-order valence-electron chi connectivity index (χ1n) is 9.06. The summed E-state index contributed by atoms with van der Waals surface area (Å²) in [7, 11) is 1.75. The van der Waals surface area contributed by atoms with Crippen molar-refractivity contribution in [3.8, 4) is 0 Å². The lowest BCUT2D eigenvalue weighted by Gasteiger charge is -2.36. The van der Waals surface area contributed by atoms with Crippen LogP contribution in [-0.4, -0.2) is 19.3 Å². The highest BCUT2D eigenvalue weighted by Gasteiger charge is 2.31. The van der Waals surface area contributed by atoms with Crippen LogP contribution >= 0.6 is 11.6 Å². The minimum Gasteiger partial charge on any atom is -0.356 e. The molecule has 1 unspecified atom stereocenters. The van der Waals surface area contributed by atoms with Crippen molar-refractivity contribution in [3.63, 3.8) is 0 Å². The minimum absolute atomic E-state index is 0.136. The predicted molar refractivity (Wildman–Crippen MR) is 114 cm³/mol. The zero-order valence-electron chi connectivity index (χ0n) is 15.6. The fourth-order valence-electron chi connectivity index (χ4n) is 3.47. The van der Waals surface area contributed by atoms with E-state index in [1.54, 1.807) is 7.05 Å². The molecule has 0 aromatic heterocycles. The lowest BCUT2D eigenvalue weighted by Crippen LogP contribution is -2.49. The Balaban J connectivity index is 1.71. The molecule has 27 heavy (non-hydrogen) atoms. The summed E-state index contributed by atoms with van der Waals surface area (Å²) in [5.74, 6) is 0. The van der Waals surface area contributed by atoms with Gasteiger partial charge in [-0.25, -0.2) is 5.48 Å². The third-order valence-electron chi connectivity index (χ3n) is 5.05. The van der Waals surface area contributed by atoms with E-state index in [-0.39, 0.29) is 5.54 Å². The number of rotatable bonds is 8. The number of hydrogen-bond acceptors (Lipinski definition) is 4. The van der Waals surface area contributed by atoms with E-state index in [0.29, 0.717) is 11.8 Å². The van der Waals surface area contributed by atoms with E-state index in [9.17, 15) is 0 Å². The molecule has 0 amide bonds. The number of halogens is 1. The van der Waals surface area contributed by atoms with Crippen molar-refractivity contribution in [2.24, 2.45) is 0 Å². The van der Waals surface area contributed by atoms with Crippen LogP contribution in [0.5, 0.6) is 0 Å². The number of hydrogen-bond donors (Lipinski definition) is 3. The molecule has 1 atom stereocenters. The van der Waals surface area contributed by atoms with Crippen LogP contribution in [0.2, 0.25) is 5.02 Å². The molecule has 0 fully saturated rings. The molecule has 3 rings (SSSR count). The Morgan fingerprint density at radius 1 is 1.26 bits per heavy atom. The molecule has 142 valence electrons. The smallest absolute Gasteiger partial charge is 0.119 e. The quantitative estimate of drug-likeness (QED) is 0.271. The second-order valence-electron chi connectivity index (χ2n) is 6.80. The van der Waals surface area contributed by atoms with Gasteiger partial charge in [-0.3, -0.25) is 10.2 Å². The van der Waals surface area contributed by atoms with Crippen molar-refractivity contribution < 1.29 is 4.84 Å². The summed E-state index contributed by atoms with van der Waals surface area (Å²) in [6.45, 7) is 8.61. The van der Waals surface area contributed by atoms with Gasteiger partial charge in [0.15, 0.2) is 0 Å². The Morgan fingerprint density at radius 3 is 2.85 bits per heavy atom. The van der Waals surface area contributed by atoms with Gasteiger partial charge in [-0.2, -0.15) is 0 Å². The molecular formula is C22H26ClN3O. The van der Waals surface area contributed by atoms with E-state index in [1.165, 1.54) is 11.1 Å². The zero-order chi connectivity index (χ0) is 19.3. The highest BCUT2D eigenvalue weighted by Crippen LogP contribution is 2.32. The van der Waals surface area contributed by atoms with Gasteiger partial charge < -0.3 is 5.32 Å². The average molecular weight is 384 g/mol. The van der Waals surface area contributed by atoms with Crippen LogP contribution in [0.3, 0.4) is 0 Å². The van der Waals surface area contributed by atoms with Gasteiger partial charge in [-0.05, 0) is 60.2 Å². The largest absolute Gasteiger partial charge is 0.356 e. The van der Waals surface area contributed by atoms with Crippen molar-refractivity contribution in [3.05, 3.63) is 83.4 Å². The second kappa shape index (κ2) is 8.72. The fourth-order valence-corrected chi connectivity index (χ4v) is 3.66. The summed E-state index contributed by atoms with van der Waals surface area (Å²) in [6.07, 6.45) is 4.86. The highest BCUT2D eigenvalue weighted by atomic mass is 35.5. The first-order chi connectivity index (χ1) is 13.0. The van der Waals surface area contributed by atoms with Crippen molar-refractivity contribution in [2.75, 3.05) is 19.1 Å². The van der Waals surface area contributed by atoms with Gasteiger partial charge in [0.25, 0.3) is 0 Å². The molecule has 0 spiro atoms. The maximum atomic E-state index is 6.08. The normalized spacial score (nSPS) is 18.6. The highest BCUT2D eigenvalue weighted by molar-refractivity contribution is 6.30. The van der Waals surface area contributed by atoms with Crippen LogP contribution in [0.1, 0.15) is 23.1 Å². The van der Waals surface area contributed by atoms with Gasteiger partial charge in [-0.1, -0.05) is 42.5 Å². The van der Waals surface area contributed by atoms with Crippen molar-refractivity contribution in [2.45, 2.75) is 24.8 Å². The SMILES string of the molecule is C=CC1(NCONC)CCc2cc(NC(=C)c3cccc(Cl)c3)ccc2C1. The van der Waals surface area contributed by atoms with Crippen LogP contribution < -0.4 is 16.1 Å². The van der Waals surface area contributed by atoms with E-state index in [0.717, 1.165) is 36.2 Å². The van der Waals surface area contributed by atoms with Gasteiger partial charge >= 0.3 is 0 Å². The van der Waals surface area contributed by atoms with Crippen LogP contribution in [0.4, 0.5) is 5.69 Å². The standard InChI is InChI=1S/C22H26ClN3O/c1-4-22(25-15-27-24-3)11-10-18-13-21(9-8-19(18)14-22)26-16(2)17-6-5-7-20(23)12-17/h4-9,12-13,24-26H,1-2,10-11,14-15H2,3H3. The molecule has 1 aliphatic carbocycles. The lowest BCUT2D eigenvalue weighted by atomic mass is 9.78. The third kappa shape index (κ3) is 4.79. The minimum atomic E-state index is -0.136. The van der Waals surface area contributed by atoms with Gasteiger partial charge in [0.1, 0.15) is 6.73 Å². The van der Waals surface area contributed by atoms with Gasteiger partial charge in [-0.15, -0.1) is 6.58 Å². The summed E-state index contributed by atoms with van der Waals surface area (Å²) < 4.78 is 0. The molecule has 0 saturated heterocycles. The fraction of sp³-hybridized carbons (Fsp3) is 0.273. The molecule has 2 aromatic carbocycles. The number of fused-ring (bicyclic) bond motifs is 1. The monoisotopic (exact) mass is 383 g/mol. The molecule has 0 aliphatic heterocycles. The number of nitrogens with one attached hydrogen (secondary N) is 3. The van der Waals surface area contributed by atoms with Crippen molar-refractivity contribution in [1.82, 2.24) is 10.8 Å². The summed E-state index contributed by atoms with van der Waals surface area (Å²) in [6, 6.07) is 14.2. The molecule has 2 aromatic rings. The van der Waals surface area contributed by atoms with Crippen molar-refractivity contribution >= 4 is 23.0 Å². The Hall–Kier alpha value is -2.11. The molecule has 0 radical (unpaired) electrons. The molecule has 0 heterocycles. The molecule has 3 N–H and O–H groups in total. The van der Waals surface area contributed by atoms with Gasteiger partial charge in [0.05, 0.1) is 0 Å². The van der Waals surface area contributed by atoms with Crippen LogP contribution in [0.15, 0.2) is 61.7 Å². The van der Waals surface area contributed by atoms with E-state index >= 15 is 0 Å². The Morgan fingerprint density at radius 2 is 2.11 bits per heavy atom. The Bertz CT molecular complexity index is 836. The Kier molecular flexibility index (Phi) is 6.34. The zero-order valence-corrected chi connectivity index (χ0v) is 16.4.